The van der Waals surface area contributed by atoms with Crippen LogP contribution in [-0.2, 0) is 13.1 Å². The molecule has 106 valence electrons. The van der Waals surface area contributed by atoms with Crippen LogP contribution in [0.1, 0.15) is 29.2 Å². The van der Waals surface area contributed by atoms with E-state index in [4.69, 9.17) is 5.73 Å². The van der Waals surface area contributed by atoms with Crippen molar-refractivity contribution in [2.24, 2.45) is 5.73 Å². The van der Waals surface area contributed by atoms with Gasteiger partial charge in [0.1, 0.15) is 0 Å². The fourth-order valence-corrected chi connectivity index (χ4v) is 2.61. The average Bonchev–Trinajstić information content (AvgIpc) is 2.41. The molecule has 0 bridgehead atoms. The highest BCUT2D eigenvalue weighted by molar-refractivity contribution is 5.66. The number of rotatable bonds is 3. The first kappa shape index (κ1) is 14.5. The van der Waals surface area contributed by atoms with E-state index in [1.165, 1.54) is 11.1 Å². The predicted octanol–water partition coefficient (Wildman–Crippen LogP) is 2.92. The topological polar surface area (TPSA) is 48.0 Å². The zero-order valence-corrected chi connectivity index (χ0v) is 12.7. The second-order valence-corrected chi connectivity index (χ2v) is 5.26. The number of aryl methyl sites for hydroxylation is 3. The summed E-state index contributed by atoms with van der Waals surface area (Å²) >= 11 is 0. The Balaban J connectivity index is 2.81. The third kappa shape index (κ3) is 2.41. The molecule has 1 aromatic heterocycles. The molecule has 0 aliphatic rings. The number of pyridine rings is 1. The molecule has 0 saturated carbocycles. The molecule has 0 aliphatic carbocycles. The molecule has 3 heteroatoms. The molecule has 0 amide bonds. The fourth-order valence-electron chi connectivity index (χ4n) is 2.61. The van der Waals surface area contributed by atoms with Gasteiger partial charge in [-0.05, 0) is 51.0 Å². The first-order valence-electron chi connectivity index (χ1n) is 7.00. The van der Waals surface area contributed by atoms with Crippen molar-refractivity contribution in [1.29, 1.82) is 0 Å². The summed E-state index contributed by atoms with van der Waals surface area (Å²) in [5.74, 6) is 0. The molecule has 0 saturated heterocycles. The molecule has 2 aromatic rings. The maximum Gasteiger partial charge on any atom is 0.255 e. The van der Waals surface area contributed by atoms with Gasteiger partial charge in [0.25, 0.3) is 5.56 Å². The van der Waals surface area contributed by atoms with Crippen LogP contribution in [0.25, 0.3) is 11.3 Å². The summed E-state index contributed by atoms with van der Waals surface area (Å²) in [6, 6.07) is 8.41. The van der Waals surface area contributed by atoms with Crippen LogP contribution in [0.3, 0.4) is 0 Å². The van der Waals surface area contributed by atoms with Gasteiger partial charge in [0.15, 0.2) is 0 Å². The zero-order valence-electron chi connectivity index (χ0n) is 12.7. The van der Waals surface area contributed by atoms with Crippen molar-refractivity contribution in [2.75, 3.05) is 0 Å². The quantitative estimate of drug-likeness (QED) is 0.932. The molecule has 2 N–H and O–H groups in total. The summed E-state index contributed by atoms with van der Waals surface area (Å²) in [4.78, 5) is 12.5. The number of hydrogen-bond acceptors (Lipinski definition) is 2. The van der Waals surface area contributed by atoms with Gasteiger partial charge in [-0.15, -0.1) is 0 Å². The second-order valence-electron chi connectivity index (χ2n) is 5.26. The van der Waals surface area contributed by atoms with Crippen molar-refractivity contribution in [3.8, 4) is 11.3 Å². The summed E-state index contributed by atoms with van der Waals surface area (Å²) in [5, 5.41) is 0. The molecular formula is C17H22N2O. The summed E-state index contributed by atoms with van der Waals surface area (Å²) in [6.07, 6.45) is 0. The molecule has 2 rings (SSSR count). The Morgan fingerprint density at radius 1 is 1.10 bits per heavy atom. The Morgan fingerprint density at radius 2 is 1.80 bits per heavy atom. The standard InChI is InChI=1S/C17H22N2O/c1-5-19-16(9-13(4)15(10-18)17(19)20)14-8-11(2)6-7-12(14)3/h6-9H,5,10,18H2,1-4H3. The van der Waals surface area contributed by atoms with Gasteiger partial charge >= 0.3 is 0 Å². The number of aromatic nitrogens is 1. The van der Waals surface area contributed by atoms with Crippen molar-refractivity contribution in [3.05, 3.63) is 56.9 Å². The molecule has 3 nitrogen and oxygen atoms in total. The van der Waals surface area contributed by atoms with Crippen molar-refractivity contribution < 1.29 is 0 Å². The third-order valence-corrected chi connectivity index (χ3v) is 3.81. The zero-order chi connectivity index (χ0) is 14.9. The molecule has 0 aliphatic heterocycles. The van der Waals surface area contributed by atoms with Gasteiger partial charge in [-0.2, -0.15) is 0 Å². The monoisotopic (exact) mass is 270 g/mol. The first-order chi connectivity index (χ1) is 9.49. The number of nitrogens with two attached hydrogens (primary N) is 1. The van der Waals surface area contributed by atoms with Crippen LogP contribution < -0.4 is 11.3 Å². The Bertz CT molecular complexity index is 699. The lowest BCUT2D eigenvalue weighted by Crippen LogP contribution is -2.27. The van der Waals surface area contributed by atoms with Crippen molar-refractivity contribution >= 4 is 0 Å². The van der Waals surface area contributed by atoms with Gasteiger partial charge in [0, 0.05) is 24.2 Å². The maximum atomic E-state index is 12.5. The molecule has 1 aromatic carbocycles. The van der Waals surface area contributed by atoms with E-state index in [9.17, 15) is 4.79 Å². The van der Waals surface area contributed by atoms with Gasteiger partial charge in [-0.1, -0.05) is 17.7 Å². The van der Waals surface area contributed by atoms with E-state index in [1.54, 1.807) is 0 Å². The minimum atomic E-state index is 0.0332. The van der Waals surface area contributed by atoms with Gasteiger partial charge < -0.3 is 10.3 Å². The van der Waals surface area contributed by atoms with E-state index in [0.717, 1.165) is 16.8 Å². The lowest BCUT2D eigenvalue weighted by molar-refractivity contribution is 0.719. The van der Waals surface area contributed by atoms with Crippen LogP contribution in [0.2, 0.25) is 0 Å². The smallest absolute Gasteiger partial charge is 0.255 e. The average molecular weight is 270 g/mol. The van der Waals surface area contributed by atoms with E-state index in [2.05, 4.69) is 38.1 Å². The Morgan fingerprint density at radius 3 is 2.40 bits per heavy atom. The normalized spacial score (nSPS) is 10.8. The van der Waals surface area contributed by atoms with E-state index in [0.29, 0.717) is 12.1 Å². The maximum absolute atomic E-state index is 12.5. The largest absolute Gasteiger partial charge is 0.326 e. The minimum absolute atomic E-state index is 0.0332. The SMILES string of the molecule is CCn1c(-c2cc(C)ccc2C)cc(C)c(CN)c1=O. The summed E-state index contributed by atoms with van der Waals surface area (Å²) in [5.41, 5.74) is 11.9. The van der Waals surface area contributed by atoms with Crippen LogP contribution in [0.5, 0.6) is 0 Å². The molecule has 0 fully saturated rings. The van der Waals surface area contributed by atoms with Crippen LogP contribution >= 0.6 is 0 Å². The highest BCUT2D eigenvalue weighted by Crippen LogP contribution is 2.25. The van der Waals surface area contributed by atoms with Crippen LogP contribution in [0, 0.1) is 20.8 Å². The molecule has 20 heavy (non-hydrogen) atoms. The van der Waals surface area contributed by atoms with E-state index in [1.807, 2.05) is 18.4 Å². The highest BCUT2D eigenvalue weighted by atomic mass is 16.1. The lowest BCUT2D eigenvalue weighted by atomic mass is 9.99. The third-order valence-electron chi connectivity index (χ3n) is 3.81. The van der Waals surface area contributed by atoms with Crippen molar-refractivity contribution in [2.45, 2.75) is 40.8 Å². The Labute approximate surface area is 120 Å². The van der Waals surface area contributed by atoms with Crippen molar-refractivity contribution in [1.82, 2.24) is 4.57 Å². The van der Waals surface area contributed by atoms with E-state index >= 15 is 0 Å². The van der Waals surface area contributed by atoms with E-state index in [-0.39, 0.29) is 12.1 Å². The molecule has 0 spiro atoms. The summed E-state index contributed by atoms with van der Waals surface area (Å²) in [7, 11) is 0. The Kier molecular flexibility index (Phi) is 4.09. The lowest BCUT2D eigenvalue weighted by Gasteiger charge is -2.17. The molecule has 0 atom stereocenters. The predicted molar refractivity (Wildman–Crippen MR) is 83.9 cm³/mol. The van der Waals surface area contributed by atoms with Crippen LogP contribution in [0.15, 0.2) is 29.1 Å². The molecule has 1 heterocycles. The highest BCUT2D eigenvalue weighted by Gasteiger charge is 2.13. The van der Waals surface area contributed by atoms with Crippen molar-refractivity contribution in [3.63, 3.8) is 0 Å². The molecule has 0 radical (unpaired) electrons. The minimum Gasteiger partial charge on any atom is -0.326 e. The van der Waals surface area contributed by atoms with E-state index < -0.39 is 0 Å². The first-order valence-corrected chi connectivity index (χ1v) is 7.00. The van der Waals surface area contributed by atoms with Crippen LogP contribution in [-0.4, -0.2) is 4.57 Å². The molecule has 0 unspecified atom stereocenters. The number of benzene rings is 1. The van der Waals surface area contributed by atoms with Gasteiger partial charge in [-0.3, -0.25) is 4.79 Å². The number of nitrogens with zero attached hydrogens (tertiary/aromatic N) is 1. The second kappa shape index (κ2) is 5.63. The fraction of sp³-hybridized carbons (Fsp3) is 0.353. The number of hydrogen-bond donors (Lipinski definition) is 1. The summed E-state index contributed by atoms with van der Waals surface area (Å²) < 4.78 is 1.82. The van der Waals surface area contributed by atoms with Gasteiger partial charge in [-0.25, -0.2) is 0 Å². The summed E-state index contributed by atoms with van der Waals surface area (Å²) in [6.45, 7) is 9.03. The molecular weight excluding hydrogens is 248 g/mol. The van der Waals surface area contributed by atoms with Gasteiger partial charge in [0.05, 0.1) is 5.69 Å². The Hall–Kier alpha value is -1.87. The van der Waals surface area contributed by atoms with Gasteiger partial charge in [0.2, 0.25) is 0 Å². The van der Waals surface area contributed by atoms with Crippen LogP contribution in [0.4, 0.5) is 0 Å².